The fourth-order valence-electron chi connectivity index (χ4n) is 3.67. The van der Waals surface area contributed by atoms with Gasteiger partial charge in [0, 0.05) is 18.0 Å². The molecule has 1 saturated carbocycles. The Hall–Kier alpha value is -1.81. The van der Waals surface area contributed by atoms with Gasteiger partial charge in [-0.05, 0) is 50.1 Å². The number of methoxy groups -OCH3 is 1. The fourth-order valence-corrected chi connectivity index (χ4v) is 3.67. The molecule has 0 unspecified atom stereocenters. The zero-order valence-electron chi connectivity index (χ0n) is 17.5. The molecule has 1 fully saturated rings. The van der Waals surface area contributed by atoms with E-state index >= 15 is 0 Å². The molecule has 0 aromatic heterocycles. The van der Waals surface area contributed by atoms with E-state index in [9.17, 15) is 0 Å². The summed E-state index contributed by atoms with van der Waals surface area (Å²) < 4.78 is 5.51. The standard InChI is InChI=1S/C23H36N2O2/c1-5-8-11-19-14-15-21(18-20-12-9-10-13-22(20)26-4)23(19)24-27-17-16-25(6-2)7-3/h9-10,12-13,18-19H,5-8,11,14-17H2,1-4H3/b21-18+,24-23+/t19-/m1/s1. The van der Waals surface area contributed by atoms with E-state index in [0.29, 0.717) is 12.5 Å². The molecule has 27 heavy (non-hydrogen) atoms. The number of allylic oxidation sites excluding steroid dienone is 1. The third-order valence-electron chi connectivity index (χ3n) is 5.41. The summed E-state index contributed by atoms with van der Waals surface area (Å²) in [7, 11) is 1.72. The number of para-hydroxylation sites is 1. The quantitative estimate of drug-likeness (QED) is 0.385. The van der Waals surface area contributed by atoms with Crippen molar-refractivity contribution in [3.63, 3.8) is 0 Å². The second-order valence-electron chi connectivity index (χ2n) is 7.13. The van der Waals surface area contributed by atoms with Crippen LogP contribution in [0.1, 0.15) is 58.4 Å². The first-order valence-electron chi connectivity index (χ1n) is 10.5. The predicted molar refractivity (Wildman–Crippen MR) is 114 cm³/mol. The number of nitrogens with zero attached hydrogens (tertiary/aromatic N) is 2. The maximum Gasteiger partial charge on any atom is 0.129 e. The first kappa shape index (κ1) is 21.5. The van der Waals surface area contributed by atoms with Crippen LogP contribution in [-0.2, 0) is 4.84 Å². The average molecular weight is 373 g/mol. The van der Waals surface area contributed by atoms with Crippen LogP contribution in [0.3, 0.4) is 0 Å². The molecule has 0 saturated heterocycles. The summed E-state index contributed by atoms with van der Waals surface area (Å²) in [6.45, 7) is 10.3. The highest BCUT2D eigenvalue weighted by Crippen LogP contribution is 2.34. The van der Waals surface area contributed by atoms with Crippen LogP contribution in [0, 0.1) is 5.92 Å². The highest BCUT2D eigenvalue weighted by molar-refractivity contribution is 6.07. The largest absolute Gasteiger partial charge is 0.496 e. The molecule has 4 heteroatoms. The lowest BCUT2D eigenvalue weighted by atomic mass is 9.98. The molecule has 2 rings (SSSR count). The molecule has 0 aliphatic heterocycles. The summed E-state index contributed by atoms with van der Waals surface area (Å²) in [5.74, 6) is 1.42. The maximum absolute atomic E-state index is 5.76. The van der Waals surface area contributed by atoms with Crippen LogP contribution in [-0.4, -0.2) is 44.0 Å². The topological polar surface area (TPSA) is 34.1 Å². The van der Waals surface area contributed by atoms with Gasteiger partial charge in [-0.15, -0.1) is 0 Å². The molecule has 0 heterocycles. The van der Waals surface area contributed by atoms with Gasteiger partial charge in [-0.3, -0.25) is 0 Å². The molecular formula is C23H36N2O2. The van der Waals surface area contributed by atoms with Crippen LogP contribution >= 0.6 is 0 Å². The van der Waals surface area contributed by atoms with E-state index in [1.54, 1.807) is 7.11 Å². The Kier molecular flexibility index (Phi) is 9.40. The lowest BCUT2D eigenvalue weighted by Gasteiger charge is -2.17. The molecule has 0 radical (unpaired) electrons. The normalized spacial score (nSPS) is 20.0. The van der Waals surface area contributed by atoms with E-state index in [1.807, 2.05) is 12.1 Å². The summed E-state index contributed by atoms with van der Waals surface area (Å²) in [5, 5.41) is 4.61. The third-order valence-corrected chi connectivity index (χ3v) is 5.41. The number of likely N-dealkylation sites (N-methyl/N-ethyl adjacent to an activating group) is 1. The van der Waals surface area contributed by atoms with Crippen LogP contribution in [0.4, 0.5) is 0 Å². The van der Waals surface area contributed by atoms with Crippen LogP contribution in [0.15, 0.2) is 35.0 Å². The molecule has 1 aromatic rings. The zero-order valence-corrected chi connectivity index (χ0v) is 17.5. The van der Waals surface area contributed by atoms with E-state index in [-0.39, 0.29) is 0 Å². The number of hydrogen-bond donors (Lipinski definition) is 0. The van der Waals surface area contributed by atoms with Gasteiger partial charge in [0.05, 0.1) is 12.8 Å². The minimum absolute atomic E-state index is 0.513. The molecule has 0 bridgehead atoms. The summed E-state index contributed by atoms with van der Waals surface area (Å²) >= 11 is 0. The van der Waals surface area contributed by atoms with Crippen molar-refractivity contribution in [2.75, 3.05) is 33.4 Å². The van der Waals surface area contributed by atoms with Crippen molar-refractivity contribution >= 4 is 11.8 Å². The van der Waals surface area contributed by atoms with Gasteiger partial charge in [-0.2, -0.15) is 0 Å². The molecule has 1 aliphatic rings. The predicted octanol–water partition coefficient (Wildman–Crippen LogP) is 5.39. The number of rotatable bonds is 11. The van der Waals surface area contributed by atoms with Gasteiger partial charge in [0.2, 0.25) is 0 Å². The molecule has 0 N–H and O–H groups in total. The first-order valence-corrected chi connectivity index (χ1v) is 10.5. The number of oxime groups is 1. The molecule has 0 amide bonds. The van der Waals surface area contributed by atoms with Crippen molar-refractivity contribution in [3.05, 3.63) is 35.4 Å². The Morgan fingerprint density at radius 2 is 1.96 bits per heavy atom. The summed E-state index contributed by atoms with van der Waals surface area (Å²) in [5.41, 5.74) is 3.55. The van der Waals surface area contributed by atoms with Gasteiger partial charge in [-0.1, -0.05) is 57.0 Å². The lowest BCUT2D eigenvalue weighted by molar-refractivity contribution is 0.113. The van der Waals surface area contributed by atoms with E-state index in [4.69, 9.17) is 9.57 Å². The second kappa shape index (κ2) is 11.8. The third kappa shape index (κ3) is 6.39. The number of benzene rings is 1. The van der Waals surface area contributed by atoms with Crippen LogP contribution in [0.2, 0.25) is 0 Å². The van der Waals surface area contributed by atoms with Gasteiger partial charge < -0.3 is 14.5 Å². The van der Waals surface area contributed by atoms with Gasteiger partial charge in [0.15, 0.2) is 0 Å². The molecule has 1 aromatic carbocycles. The highest BCUT2D eigenvalue weighted by atomic mass is 16.6. The van der Waals surface area contributed by atoms with Crippen molar-refractivity contribution in [1.82, 2.24) is 4.90 Å². The van der Waals surface area contributed by atoms with Crippen molar-refractivity contribution < 1.29 is 9.57 Å². The van der Waals surface area contributed by atoms with Crippen LogP contribution < -0.4 is 4.74 Å². The van der Waals surface area contributed by atoms with Crippen molar-refractivity contribution in [3.8, 4) is 5.75 Å². The zero-order chi connectivity index (χ0) is 19.5. The summed E-state index contributed by atoms with van der Waals surface area (Å²) in [6, 6.07) is 8.16. The average Bonchev–Trinajstić information content (AvgIpc) is 3.08. The minimum Gasteiger partial charge on any atom is -0.496 e. The molecule has 1 aliphatic carbocycles. The number of ether oxygens (including phenoxy) is 1. The van der Waals surface area contributed by atoms with Crippen molar-refractivity contribution in [2.45, 2.75) is 52.9 Å². The van der Waals surface area contributed by atoms with E-state index in [1.165, 1.54) is 31.3 Å². The van der Waals surface area contributed by atoms with Crippen LogP contribution in [0.25, 0.3) is 6.08 Å². The maximum atomic E-state index is 5.76. The molecule has 1 atom stereocenters. The molecule has 150 valence electrons. The second-order valence-corrected chi connectivity index (χ2v) is 7.13. The smallest absolute Gasteiger partial charge is 0.129 e. The highest BCUT2D eigenvalue weighted by Gasteiger charge is 2.27. The van der Waals surface area contributed by atoms with Gasteiger partial charge in [0.1, 0.15) is 12.4 Å². The lowest BCUT2D eigenvalue weighted by Crippen LogP contribution is -2.26. The monoisotopic (exact) mass is 372 g/mol. The molecule has 0 spiro atoms. The van der Waals surface area contributed by atoms with E-state index in [2.05, 4.69) is 49.0 Å². The summed E-state index contributed by atoms with van der Waals surface area (Å²) in [6.07, 6.45) is 8.11. The molecular weight excluding hydrogens is 336 g/mol. The Balaban J connectivity index is 2.14. The SMILES string of the molecule is CCCC[C@@H]1CCC(=C\c2ccccc2OC)/C1=N/OCCN(CC)CC. The molecule has 4 nitrogen and oxygen atoms in total. The van der Waals surface area contributed by atoms with Gasteiger partial charge in [0.25, 0.3) is 0 Å². The van der Waals surface area contributed by atoms with Gasteiger partial charge in [-0.25, -0.2) is 0 Å². The van der Waals surface area contributed by atoms with E-state index in [0.717, 1.165) is 43.1 Å². The number of hydrogen-bond acceptors (Lipinski definition) is 4. The summed E-state index contributed by atoms with van der Waals surface area (Å²) in [4.78, 5) is 8.12. The van der Waals surface area contributed by atoms with Crippen molar-refractivity contribution in [1.29, 1.82) is 0 Å². The Morgan fingerprint density at radius 1 is 1.19 bits per heavy atom. The Labute approximate surface area is 165 Å². The van der Waals surface area contributed by atoms with E-state index < -0.39 is 0 Å². The Morgan fingerprint density at radius 3 is 2.67 bits per heavy atom. The minimum atomic E-state index is 0.513. The van der Waals surface area contributed by atoms with Crippen LogP contribution in [0.5, 0.6) is 5.75 Å². The number of unbranched alkanes of at least 4 members (excludes halogenated alkanes) is 1. The Bertz CT molecular complexity index is 621. The van der Waals surface area contributed by atoms with Crippen molar-refractivity contribution in [2.24, 2.45) is 11.1 Å². The fraction of sp³-hybridized carbons (Fsp3) is 0.609. The first-order chi connectivity index (χ1) is 13.2. The van der Waals surface area contributed by atoms with Gasteiger partial charge >= 0.3 is 0 Å².